The number of fused-ring (bicyclic) bond motifs is 1. The highest BCUT2D eigenvalue weighted by Crippen LogP contribution is 2.19. The molecule has 4 heteroatoms. The number of H-pyrrole nitrogens is 1. The second-order valence-corrected chi connectivity index (χ2v) is 2.90. The summed E-state index contributed by atoms with van der Waals surface area (Å²) >= 11 is 0. The number of nitrogens with zero attached hydrogens (tertiary/aromatic N) is 2. The first-order valence-corrected chi connectivity index (χ1v) is 3.86. The minimum absolute atomic E-state index is 0.275. The molecule has 0 unspecified atom stereocenters. The van der Waals surface area contributed by atoms with E-state index in [1.165, 1.54) is 0 Å². The number of pyridine rings is 1. The van der Waals surface area contributed by atoms with Crippen molar-refractivity contribution in [2.24, 2.45) is 0 Å². The smallest absolute Gasteiger partial charge is 0.143 e. The molecule has 0 spiro atoms. The number of aromatic nitrogens is 2. The molecule has 4 nitrogen and oxygen atoms in total. The molecule has 2 aromatic rings. The van der Waals surface area contributed by atoms with E-state index >= 15 is 0 Å². The number of rotatable bonds is 0. The van der Waals surface area contributed by atoms with Crippen LogP contribution in [0, 0.1) is 18.3 Å². The predicted octanol–water partition coefficient (Wildman–Crippen LogP) is 1.33. The van der Waals surface area contributed by atoms with Gasteiger partial charge in [-0.2, -0.15) is 5.26 Å². The molecule has 2 aromatic heterocycles. The quantitative estimate of drug-likeness (QED) is 0.629. The van der Waals surface area contributed by atoms with Crippen LogP contribution in [0.1, 0.15) is 11.1 Å². The maximum absolute atomic E-state index is 8.73. The maximum Gasteiger partial charge on any atom is 0.143 e. The molecule has 2 rings (SSSR count). The van der Waals surface area contributed by atoms with Crippen LogP contribution in [-0.2, 0) is 0 Å². The highest BCUT2D eigenvalue weighted by Gasteiger charge is 2.05. The maximum atomic E-state index is 8.73. The zero-order chi connectivity index (χ0) is 9.42. The zero-order valence-corrected chi connectivity index (χ0v) is 7.13. The van der Waals surface area contributed by atoms with E-state index in [1.807, 2.05) is 19.2 Å². The third-order valence-electron chi connectivity index (χ3n) is 2.02. The van der Waals surface area contributed by atoms with Crippen molar-refractivity contribution in [2.45, 2.75) is 6.92 Å². The number of nitrogen functional groups attached to an aromatic ring is 1. The van der Waals surface area contributed by atoms with E-state index in [9.17, 15) is 0 Å². The second-order valence-electron chi connectivity index (χ2n) is 2.90. The molecule has 0 aromatic carbocycles. The van der Waals surface area contributed by atoms with E-state index in [-0.39, 0.29) is 5.82 Å². The van der Waals surface area contributed by atoms with Crippen LogP contribution in [0.2, 0.25) is 0 Å². The number of anilines is 1. The van der Waals surface area contributed by atoms with Crippen LogP contribution in [0.3, 0.4) is 0 Å². The molecule has 0 radical (unpaired) electrons. The van der Waals surface area contributed by atoms with Crippen LogP contribution in [0.5, 0.6) is 0 Å². The fourth-order valence-electron chi connectivity index (χ4n) is 1.28. The van der Waals surface area contributed by atoms with Crippen LogP contribution < -0.4 is 5.73 Å². The molecule has 0 bridgehead atoms. The van der Waals surface area contributed by atoms with Gasteiger partial charge in [0.05, 0.1) is 5.56 Å². The topological polar surface area (TPSA) is 78.5 Å². The Kier molecular flexibility index (Phi) is 1.46. The van der Waals surface area contributed by atoms with Gasteiger partial charge in [0.25, 0.3) is 0 Å². The van der Waals surface area contributed by atoms with Crippen LogP contribution in [0.4, 0.5) is 5.82 Å². The van der Waals surface area contributed by atoms with Gasteiger partial charge in [-0.1, -0.05) is 0 Å². The average Bonchev–Trinajstić information content (AvgIpc) is 2.46. The summed E-state index contributed by atoms with van der Waals surface area (Å²) in [6, 6.07) is 3.76. The first kappa shape index (κ1) is 7.62. The van der Waals surface area contributed by atoms with E-state index in [4.69, 9.17) is 11.0 Å². The molecule has 0 fully saturated rings. The summed E-state index contributed by atoms with van der Waals surface area (Å²) in [5.74, 6) is 0.275. The van der Waals surface area contributed by atoms with E-state index in [0.29, 0.717) is 5.56 Å². The number of aromatic amines is 1. The van der Waals surface area contributed by atoms with Gasteiger partial charge in [0.1, 0.15) is 17.5 Å². The van der Waals surface area contributed by atoms with Gasteiger partial charge in [-0.3, -0.25) is 0 Å². The Balaban J connectivity index is 2.86. The first-order chi connectivity index (χ1) is 6.22. The molecule has 2 heterocycles. The van der Waals surface area contributed by atoms with Gasteiger partial charge in [0.2, 0.25) is 0 Å². The number of nitrogens with one attached hydrogen (secondary N) is 1. The van der Waals surface area contributed by atoms with Crippen LogP contribution in [0.15, 0.2) is 12.3 Å². The number of hydrogen-bond donors (Lipinski definition) is 2. The van der Waals surface area contributed by atoms with Crippen molar-refractivity contribution < 1.29 is 0 Å². The van der Waals surface area contributed by atoms with Crippen molar-refractivity contribution in [3.05, 3.63) is 23.4 Å². The SMILES string of the molecule is Cc1c[nH]c2nc(N)c(C#N)cc12. The minimum Gasteiger partial charge on any atom is -0.383 e. The summed E-state index contributed by atoms with van der Waals surface area (Å²) in [6.07, 6.45) is 1.85. The second kappa shape index (κ2) is 2.49. The van der Waals surface area contributed by atoms with Crippen LogP contribution in [-0.4, -0.2) is 9.97 Å². The first-order valence-electron chi connectivity index (χ1n) is 3.86. The molecule has 13 heavy (non-hydrogen) atoms. The van der Waals surface area contributed by atoms with Gasteiger partial charge in [-0.25, -0.2) is 4.98 Å². The molecule has 64 valence electrons. The third-order valence-corrected chi connectivity index (χ3v) is 2.02. The van der Waals surface area contributed by atoms with Gasteiger partial charge in [0.15, 0.2) is 0 Å². The standard InChI is InChI=1S/C9H8N4/c1-5-4-12-9-7(5)2-6(3-10)8(11)13-9/h2,4H,1H3,(H3,11,12,13). The van der Waals surface area contributed by atoms with Gasteiger partial charge in [-0.15, -0.1) is 0 Å². The largest absolute Gasteiger partial charge is 0.383 e. The Morgan fingerprint density at radius 1 is 1.62 bits per heavy atom. The lowest BCUT2D eigenvalue weighted by Gasteiger charge is -1.96. The van der Waals surface area contributed by atoms with Crippen molar-refractivity contribution in [3.63, 3.8) is 0 Å². The monoisotopic (exact) mass is 172 g/mol. The molecule has 3 N–H and O–H groups in total. The summed E-state index contributed by atoms with van der Waals surface area (Å²) in [5.41, 5.74) is 7.78. The van der Waals surface area contributed by atoms with Crippen molar-refractivity contribution in [1.29, 1.82) is 5.26 Å². The lowest BCUT2D eigenvalue weighted by molar-refractivity contribution is 1.31. The molecule has 0 atom stereocenters. The zero-order valence-electron chi connectivity index (χ0n) is 7.13. The third kappa shape index (κ3) is 1.02. The van der Waals surface area contributed by atoms with E-state index in [2.05, 4.69) is 9.97 Å². The Morgan fingerprint density at radius 3 is 3.08 bits per heavy atom. The fraction of sp³-hybridized carbons (Fsp3) is 0.111. The van der Waals surface area contributed by atoms with Crippen LogP contribution >= 0.6 is 0 Å². The predicted molar refractivity (Wildman–Crippen MR) is 50.0 cm³/mol. The molecule has 0 amide bonds. The van der Waals surface area contributed by atoms with Gasteiger partial charge >= 0.3 is 0 Å². The molecule has 0 aliphatic carbocycles. The molecule has 0 saturated carbocycles. The Morgan fingerprint density at radius 2 is 2.38 bits per heavy atom. The Hall–Kier alpha value is -2.02. The molecule has 0 aliphatic heterocycles. The highest BCUT2D eigenvalue weighted by atomic mass is 14.9. The summed E-state index contributed by atoms with van der Waals surface area (Å²) < 4.78 is 0. The minimum atomic E-state index is 0.275. The summed E-state index contributed by atoms with van der Waals surface area (Å²) in [5, 5.41) is 9.68. The van der Waals surface area contributed by atoms with Gasteiger partial charge in [-0.05, 0) is 18.6 Å². The number of aryl methyl sites for hydroxylation is 1. The highest BCUT2D eigenvalue weighted by molar-refractivity contribution is 5.83. The van der Waals surface area contributed by atoms with Crippen molar-refractivity contribution in [1.82, 2.24) is 9.97 Å². The molecular weight excluding hydrogens is 164 g/mol. The normalized spacial score (nSPS) is 10.2. The molecule has 0 aliphatic rings. The fourth-order valence-corrected chi connectivity index (χ4v) is 1.28. The van der Waals surface area contributed by atoms with Crippen molar-refractivity contribution in [2.75, 3.05) is 5.73 Å². The van der Waals surface area contributed by atoms with E-state index in [0.717, 1.165) is 16.6 Å². The van der Waals surface area contributed by atoms with E-state index < -0.39 is 0 Å². The summed E-state index contributed by atoms with van der Waals surface area (Å²) in [6.45, 7) is 1.96. The summed E-state index contributed by atoms with van der Waals surface area (Å²) in [7, 11) is 0. The average molecular weight is 172 g/mol. The number of nitriles is 1. The van der Waals surface area contributed by atoms with Gasteiger partial charge in [0, 0.05) is 11.6 Å². The molecule has 0 saturated heterocycles. The number of hydrogen-bond acceptors (Lipinski definition) is 3. The van der Waals surface area contributed by atoms with E-state index in [1.54, 1.807) is 6.07 Å². The molecular formula is C9H8N4. The summed E-state index contributed by atoms with van der Waals surface area (Å²) in [4.78, 5) is 7.05. The van der Waals surface area contributed by atoms with Crippen LogP contribution in [0.25, 0.3) is 11.0 Å². The van der Waals surface area contributed by atoms with Crippen molar-refractivity contribution in [3.8, 4) is 6.07 Å². The number of nitrogens with two attached hydrogens (primary N) is 1. The lowest BCUT2D eigenvalue weighted by Crippen LogP contribution is -1.94. The van der Waals surface area contributed by atoms with Gasteiger partial charge < -0.3 is 10.7 Å². The lowest BCUT2D eigenvalue weighted by atomic mass is 10.2. The Bertz CT molecular complexity index is 504. The Labute approximate surface area is 75.0 Å². The van der Waals surface area contributed by atoms with Crippen molar-refractivity contribution >= 4 is 16.9 Å².